The first kappa shape index (κ1) is 14.1. The van der Waals surface area contributed by atoms with Crippen molar-refractivity contribution >= 4 is 0 Å². The first-order valence-corrected chi connectivity index (χ1v) is 5.78. The first-order valence-electron chi connectivity index (χ1n) is 5.78. The van der Waals surface area contributed by atoms with Crippen molar-refractivity contribution in [3.63, 3.8) is 0 Å². The van der Waals surface area contributed by atoms with E-state index in [1.54, 1.807) is 0 Å². The Kier molecular flexibility index (Phi) is 5.02. The first-order chi connectivity index (χ1) is 7.91. The van der Waals surface area contributed by atoms with Crippen molar-refractivity contribution < 1.29 is 13.9 Å². The SMILES string of the molecule is CC(C)C(C)NCC(O)c1ccc(F)cc1F. The molecule has 2 nitrogen and oxygen atoms in total. The molecule has 0 aliphatic heterocycles. The standard InChI is InChI=1S/C13H19F2NO/c1-8(2)9(3)16-7-13(17)11-5-4-10(14)6-12(11)15/h4-6,8-9,13,16-17H,7H2,1-3H3. The molecule has 0 heterocycles. The van der Waals surface area contributed by atoms with Crippen molar-refractivity contribution in [1.29, 1.82) is 0 Å². The summed E-state index contributed by atoms with van der Waals surface area (Å²) in [6, 6.07) is 3.43. The van der Waals surface area contributed by atoms with Gasteiger partial charge in [-0.3, -0.25) is 0 Å². The van der Waals surface area contributed by atoms with Gasteiger partial charge in [-0.25, -0.2) is 8.78 Å². The zero-order valence-electron chi connectivity index (χ0n) is 10.4. The van der Waals surface area contributed by atoms with Gasteiger partial charge in [0.05, 0.1) is 6.10 Å². The second-order valence-corrected chi connectivity index (χ2v) is 4.62. The van der Waals surface area contributed by atoms with Crippen LogP contribution in [0.15, 0.2) is 18.2 Å². The fourth-order valence-corrected chi connectivity index (χ4v) is 1.41. The Balaban J connectivity index is 2.61. The maximum atomic E-state index is 13.4. The summed E-state index contributed by atoms with van der Waals surface area (Å²) in [6.45, 7) is 6.37. The minimum absolute atomic E-state index is 0.120. The highest BCUT2D eigenvalue weighted by atomic mass is 19.1. The molecule has 1 rings (SSSR count). The number of aliphatic hydroxyl groups excluding tert-OH is 1. The van der Waals surface area contributed by atoms with Crippen LogP contribution in [-0.2, 0) is 0 Å². The fourth-order valence-electron chi connectivity index (χ4n) is 1.41. The topological polar surface area (TPSA) is 32.3 Å². The molecule has 0 bridgehead atoms. The number of hydrogen-bond acceptors (Lipinski definition) is 2. The van der Waals surface area contributed by atoms with Gasteiger partial charge in [0.15, 0.2) is 0 Å². The molecular formula is C13H19F2NO. The third kappa shape index (κ3) is 4.06. The molecule has 96 valence electrons. The van der Waals surface area contributed by atoms with Crippen LogP contribution in [0.2, 0.25) is 0 Å². The Morgan fingerprint density at radius 1 is 1.24 bits per heavy atom. The number of rotatable bonds is 5. The molecule has 2 atom stereocenters. The van der Waals surface area contributed by atoms with Gasteiger partial charge in [0.25, 0.3) is 0 Å². The summed E-state index contributed by atoms with van der Waals surface area (Å²) < 4.78 is 26.0. The highest BCUT2D eigenvalue weighted by molar-refractivity contribution is 5.21. The number of benzene rings is 1. The molecule has 0 radical (unpaired) electrons. The third-order valence-electron chi connectivity index (χ3n) is 2.95. The minimum Gasteiger partial charge on any atom is -0.387 e. The maximum Gasteiger partial charge on any atom is 0.131 e. The van der Waals surface area contributed by atoms with E-state index in [0.717, 1.165) is 12.1 Å². The summed E-state index contributed by atoms with van der Waals surface area (Å²) in [4.78, 5) is 0. The largest absolute Gasteiger partial charge is 0.387 e. The van der Waals surface area contributed by atoms with Gasteiger partial charge in [-0.1, -0.05) is 19.9 Å². The zero-order chi connectivity index (χ0) is 13.0. The van der Waals surface area contributed by atoms with Crippen molar-refractivity contribution in [2.24, 2.45) is 5.92 Å². The van der Waals surface area contributed by atoms with Crippen LogP contribution in [-0.4, -0.2) is 17.7 Å². The molecule has 0 amide bonds. The Morgan fingerprint density at radius 3 is 2.41 bits per heavy atom. The smallest absolute Gasteiger partial charge is 0.131 e. The number of nitrogens with one attached hydrogen (secondary N) is 1. The normalized spacial score (nSPS) is 15.0. The van der Waals surface area contributed by atoms with Gasteiger partial charge in [-0.15, -0.1) is 0 Å². The van der Waals surface area contributed by atoms with E-state index in [-0.39, 0.29) is 18.2 Å². The van der Waals surface area contributed by atoms with Crippen LogP contribution in [0.3, 0.4) is 0 Å². The van der Waals surface area contributed by atoms with E-state index in [4.69, 9.17) is 0 Å². The summed E-state index contributed by atoms with van der Waals surface area (Å²) >= 11 is 0. The Bertz CT molecular complexity index is 368. The lowest BCUT2D eigenvalue weighted by molar-refractivity contribution is 0.162. The third-order valence-corrected chi connectivity index (χ3v) is 2.95. The number of hydrogen-bond donors (Lipinski definition) is 2. The molecule has 17 heavy (non-hydrogen) atoms. The molecule has 0 saturated heterocycles. The fraction of sp³-hybridized carbons (Fsp3) is 0.538. The molecule has 2 unspecified atom stereocenters. The quantitative estimate of drug-likeness (QED) is 0.833. The monoisotopic (exact) mass is 243 g/mol. The van der Waals surface area contributed by atoms with E-state index in [0.29, 0.717) is 5.92 Å². The van der Waals surface area contributed by atoms with E-state index in [2.05, 4.69) is 19.2 Å². The number of aliphatic hydroxyl groups is 1. The molecular weight excluding hydrogens is 224 g/mol. The Hall–Kier alpha value is -1.00. The van der Waals surface area contributed by atoms with Crippen molar-refractivity contribution in [2.45, 2.75) is 32.9 Å². The summed E-state index contributed by atoms with van der Waals surface area (Å²) in [6.07, 6.45) is -0.961. The molecule has 0 aromatic heterocycles. The zero-order valence-corrected chi connectivity index (χ0v) is 10.4. The van der Waals surface area contributed by atoms with E-state index in [1.165, 1.54) is 6.07 Å². The van der Waals surface area contributed by atoms with E-state index < -0.39 is 17.7 Å². The predicted octanol–water partition coefficient (Wildman–Crippen LogP) is 2.63. The minimum atomic E-state index is -0.961. The Labute approximate surface area is 101 Å². The number of halogens is 2. The molecule has 0 aliphatic rings. The van der Waals surface area contributed by atoms with E-state index >= 15 is 0 Å². The summed E-state index contributed by atoms with van der Waals surface area (Å²) in [5, 5.41) is 12.9. The van der Waals surface area contributed by atoms with Crippen LogP contribution in [0, 0.1) is 17.6 Å². The van der Waals surface area contributed by atoms with Crippen molar-refractivity contribution in [3.05, 3.63) is 35.4 Å². The maximum absolute atomic E-state index is 13.4. The van der Waals surface area contributed by atoms with Crippen molar-refractivity contribution in [1.82, 2.24) is 5.32 Å². The molecule has 0 fully saturated rings. The molecule has 0 spiro atoms. The van der Waals surface area contributed by atoms with Gasteiger partial charge in [0.1, 0.15) is 11.6 Å². The summed E-state index contributed by atoms with van der Waals surface area (Å²) in [7, 11) is 0. The summed E-state index contributed by atoms with van der Waals surface area (Å²) in [5.74, 6) is -0.918. The molecule has 0 aliphatic carbocycles. The van der Waals surface area contributed by atoms with E-state index in [1.807, 2.05) is 6.92 Å². The second kappa shape index (κ2) is 6.07. The lowest BCUT2D eigenvalue weighted by atomic mass is 10.0. The van der Waals surface area contributed by atoms with Crippen LogP contribution in [0.1, 0.15) is 32.4 Å². The van der Waals surface area contributed by atoms with Crippen LogP contribution in [0.4, 0.5) is 8.78 Å². The van der Waals surface area contributed by atoms with Crippen molar-refractivity contribution in [2.75, 3.05) is 6.54 Å². The van der Waals surface area contributed by atoms with Gasteiger partial charge in [0.2, 0.25) is 0 Å². The Morgan fingerprint density at radius 2 is 1.88 bits per heavy atom. The second-order valence-electron chi connectivity index (χ2n) is 4.62. The van der Waals surface area contributed by atoms with E-state index in [9.17, 15) is 13.9 Å². The van der Waals surface area contributed by atoms with Gasteiger partial charge in [-0.2, -0.15) is 0 Å². The van der Waals surface area contributed by atoms with Crippen LogP contribution >= 0.6 is 0 Å². The van der Waals surface area contributed by atoms with Crippen LogP contribution in [0.25, 0.3) is 0 Å². The van der Waals surface area contributed by atoms with Crippen LogP contribution < -0.4 is 5.32 Å². The lowest BCUT2D eigenvalue weighted by Crippen LogP contribution is -2.34. The van der Waals surface area contributed by atoms with Crippen molar-refractivity contribution in [3.8, 4) is 0 Å². The predicted molar refractivity (Wildman–Crippen MR) is 63.6 cm³/mol. The molecule has 0 saturated carbocycles. The molecule has 2 N–H and O–H groups in total. The van der Waals surface area contributed by atoms with Crippen LogP contribution in [0.5, 0.6) is 0 Å². The van der Waals surface area contributed by atoms with Gasteiger partial charge in [-0.05, 0) is 18.9 Å². The highest BCUT2D eigenvalue weighted by Gasteiger charge is 2.15. The molecule has 1 aromatic carbocycles. The van der Waals surface area contributed by atoms with Gasteiger partial charge >= 0.3 is 0 Å². The summed E-state index contributed by atoms with van der Waals surface area (Å²) in [5.41, 5.74) is 0.120. The highest BCUT2D eigenvalue weighted by Crippen LogP contribution is 2.17. The molecule has 4 heteroatoms. The van der Waals surface area contributed by atoms with Gasteiger partial charge < -0.3 is 10.4 Å². The van der Waals surface area contributed by atoms with Gasteiger partial charge in [0, 0.05) is 24.2 Å². The average molecular weight is 243 g/mol. The molecule has 1 aromatic rings. The average Bonchev–Trinajstić information content (AvgIpc) is 2.25. The lowest BCUT2D eigenvalue weighted by Gasteiger charge is -2.20.